The highest BCUT2D eigenvalue weighted by atomic mass is 32.2. The van der Waals surface area contributed by atoms with Gasteiger partial charge in [-0.3, -0.25) is 13.9 Å². The first-order chi connectivity index (χ1) is 20.4. The van der Waals surface area contributed by atoms with Crippen molar-refractivity contribution in [3.63, 3.8) is 0 Å². The summed E-state index contributed by atoms with van der Waals surface area (Å²) in [6, 6.07) is 9.25. The molecule has 1 atom stereocenters. The van der Waals surface area contributed by atoms with E-state index in [0.29, 0.717) is 12.8 Å². The van der Waals surface area contributed by atoms with Crippen LogP contribution in [-0.2, 0) is 35.9 Å². The Balaban J connectivity index is 1.61. The first-order valence-electron chi connectivity index (χ1n) is 14.4. The van der Waals surface area contributed by atoms with E-state index in [1.54, 1.807) is 12.1 Å². The molecular weight excluding hydrogens is 602 g/mol. The molecule has 0 radical (unpaired) electrons. The van der Waals surface area contributed by atoms with E-state index in [0.717, 1.165) is 52.1 Å². The highest BCUT2D eigenvalue weighted by molar-refractivity contribution is 7.86. The molecule has 0 saturated heterocycles. The maximum atomic E-state index is 11.9. The molecule has 1 heterocycles. The first-order valence-corrected chi connectivity index (χ1v) is 17.2. The quantitative estimate of drug-likeness (QED) is 0.139. The third kappa shape index (κ3) is 6.46. The zero-order chi connectivity index (χ0) is 32.7. The third-order valence-corrected chi connectivity index (χ3v) is 10.6. The highest BCUT2D eigenvalue weighted by Crippen LogP contribution is 2.50. The molecule has 11 heteroatoms. The fourth-order valence-electron chi connectivity index (χ4n) is 6.52. The van der Waals surface area contributed by atoms with Crippen molar-refractivity contribution < 1.29 is 35.8 Å². The smallest absolute Gasteiger partial charge is 0.303 e. The topological polar surface area (TPSA) is 149 Å². The molecule has 0 amide bonds. The van der Waals surface area contributed by atoms with Crippen molar-refractivity contribution in [1.29, 1.82) is 0 Å². The van der Waals surface area contributed by atoms with Crippen LogP contribution in [0.1, 0.15) is 76.5 Å². The number of nitrogens with zero attached hydrogens (tertiary/aromatic N) is 1. The normalized spacial score (nSPS) is 20.7. The second-order valence-electron chi connectivity index (χ2n) is 12.1. The molecule has 4 rings (SSSR count). The van der Waals surface area contributed by atoms with Crippen LogP contribution in [0.15, 0.2) is 87.8 Å². The van der Waals surface area contributed by atoms with Gasteiger partial charge in [-0.15, -0.1) is 0 Å². The lowest BCUT2D eigenvalue weighted by Gasteiger charge is -2.29. The summed E-state index contributed by atoms with van der Waals surface area (Å²) in [6.45, 7) is 8.02. The average molecular weight is 642 g/mol. The molecular formula is C33H39NO8S2. The van der Waals surface area contributed by atoms with Crippen molar-refractivity contribution in [2.45, 2.75) is 80.4 Å². The van der Waals surface area contributed by atoms with Crippen molar-refractivity contribution in [3.8, 4) is 0 Å². The molecule has 0 bridgehead atoms. The number of allylic oxidation sites excluding steroid dienone is 8. The second kappa shape index (κ2) is 12.1. The van der Waals surface area contributed by atoms with Crippen molar-refractivity contribution in [3.05, 3.63) is 94.7 Å². The van der Waals surface area contributed by atoms with Gasteiger partial charge in [0.25, 0.3) is 20.2 Å². The minimum atomic E-state index is -4.39. The SMILES string of the molecule is CC1=C(/C=C/C=C/C=C2\N(C)c3ccc(S(=O)(=O)O)cc3C2(C)C)C(C)(CCCCCC(=O)O)c2cc(S(=O)(=O)O)ccc21. The number of anilines is 1. The minimum Gasteiger partial charge on any atom is -0.481 e. The van der Waals surface area contributed by atoms with E-state index in [2.05, 4.69) is 0 Å². The highest BCUT2D eigenvalue weighted by Gasteiger charge is 2.40. The number of benzene rings is 2. The molecule has 9 nitrogen and oxygen atoms in total. The standard InChI is InChI=1S/C33H39NO8S2/c1-22-25-17-15-23(43(37,38)39)20-27(25)33(4,19-11-7-10-14-31(35)36)26(22)12-8-6-9-13-30-32(2,3)28-21-24(44(40,41)42)16-18-29(28)34(30)5/h6,8-9,12-13,15-18,20-21H,7,10-11,14,19H2,1-5H3,(H,35,36)(H,37,38,39)(H,40,41,42)/b9-6+,12-8+,30-13-. The zero-order valence-electron chi connectivity index (χ0n) is 25.5. The number of carboxylic acids is 1. The summed E-state index contributed by atoms with van der Waals surface area (Å²) < 4.78 is 66.6. The summed E-state index contributed by atoms with van der Waals surface area (Å²) in [5.41, 5.74) is 5.25. The van der Waals surface area contributed by atoms with Crippen LogP contribution in [0.4, 0.5) is 5.69 Å². The molecule has 2 aromatic rings. The maximum absolute atomic E-state index is 11.9. The molecule has 3 N–H and O–H groups in total. The number of aliphatic carboxylic acids is 1. The Hall–Kier alpha value is -3.51. The number of fused-ring (bicyclic) bond motifs is 2. The number of hydrogen-bond acceptors (Lipinski definition) is 6. The van der Waals surface area contributed by atoms with Gasteiger partial charge in [-0.25, -0.2) is 0 Å². The molecule has 0 aromatic heterocycles. The fraction of sp³-hybridized carbons (Fsp3) is 0.364. The molecule has 0 saturated carbocycles. The first kappa shape index (κ1) is 33.4. The molecule has 236 valence electrons. The monoisotopic (exact) mass is 641 g/mol. The summed E-state index contributed by atoms with van der Waals surface area (Å²) in [5, 5.41) is 8.99. The van der Waals surface area contributed by atoms with Gasteiger partial charge < -0.3 is 10.0 Å². The largest absolute Gasteiger partial charge is 0.481 e. The fourth-order valence-corrected chi connectivity index (χ4v) is 7.53. The Kier molecular flexibility index (Phi) is 9.19. The lowest BCUT2D eigenvalue weighted by atomic mass is 9.75. The third-order valence-electron chi connectivity index (χ3n) is 8.89. The predicted molar refractivity (Wildman–Crippen MR) is 171 cm³/mol. The zero-order valence-corrected chi connectivity index (χ0v) is 27.2. The van der Waals surface area contributed by atoms with E-state index >= 15 is 0 Å². The van der Waals surface area contributed by atoms with E-state index in [-0.39, 0.29) is 16.2 Å². The van der Waals surface area contributed by atoms with Crippen LogP contribution in [0.25, 0.3) is 5.57 Å². The summed E-state index contributed by atoms with van der Waals surface area (Å²) in [7, 11) is -6.81. The van der Waals surface area contributed by atoms with Crippen LogP contribution < -0.4 is 4.90 Å². The number of unbranched alkanes of at least 4 members (excludes halogenated alkanes) is 2. The Morgan fingerprint density at radius 1 is 0.864 bits per heavy atom. The van der Waals surface area contributed by atoms with Gasteiger partial charge in [-0.2, -0.15) is 16.8 Å². The van der Waals surface area contributed by atoms with Gasteiger partial charge in [0, 0.05) is 35.7 Å². The Morgan fingerprint density at radius 3 is 2.09 bits per heavy atom. The van der Waals surface area contributed by atoms with Gasteiger partial charge >= 0.3 is 5.97 Å². The molecule has 0 fully saturated rings. The van der Waals surface area contributed by atoms with Crippen LogP contribution in [-0.4, -0.2) is 44.1 Å². The lowest BCUT2D eigenvalue weighted by Crippen LogP contribution is -2.22. The average Bonchev–Trinajstić information content (AvgIpc) is 3.25. The molecule has 1 aliphatic heterocycles. The van der Waals surface area contributed by atoms with Gasteiger partial charge in [0.15, 0.2) is 0 Å². The van der Waals surface area contributed by atoms with E-state index in [1.165, 1.54) is 24.3 Å². The van der Waals surface area contributed by atoms with Crippen molar-refractivity contribution in [2.24, 2.45) is 0 Å². The van der Waals surface area contributed by atoms with E-state index < -0.39 is 37.0 Å². The molecule has 44 heavy (non-hydrogen) atoms. The van der Waals surface area contributed by atoms with Crippen molar-refractivity contribution in [1.82, 2.24) is 0 Å². The lowest BCUT2D eigenvalue weighted by molar-refractivity contribution is -0.137. The Labute approximate surface area is 259 Å². The molecule has 2 aliphatic rings. The summed E-state index contributed by atoms with van der Waals surface area (Å²) in [5.74, 6) is -0.833. The summed E-state index contributed by atoms with van der Waals surface area (Å²) in [6.07, 6.45) is 12.5. The number of likely N-dealkylation sites (N-methyl/N-ethyl adjacent to an activating group) is 1. The van der Waals surface area contributed by atoms with Gasteiger partial charge in [-0.1, -0.05) is 64.0 Å². The van der Waals surface area contributed by atoms with E-state index in [9.17, 15) is 30.7 Å². The molecule has 0 spiro atoms. The van der Waals surface area contributed by atoms with Gasteiger partial charge in [0.2, 0.25) is 0 Å². The summed E-state index contributed by atoms with van der Waals surface area (Å²) in [4.78, 5) is 12.6. The van der Waals surface area contributed by atoms with Crippen LogP contribution in [0.3, 0.4) is 0 Å². The molecule has 1 unspecified atom stereocenters. The van der Waals surface area contributed by atoms with Crippen LogP contribution in [0.5, 0.6) is 0 Å². The van der Waals surface area contributed by atoms with Gasteiger partial charge in [-0.05, 0) is 84.0 Å². The minimum absolute atomic E-state index is 0.0981. The number of hydrogen-bond donors (Lipinski definition) is 3. The van der Waals surface area contributed by atoms with Gasteiger partial charge in [0.1, 0.15) is 0 Å². The van der Waals surface area contributed by atoms with Crippen molar-refractivity contribution in [2.75, 3.05) is 11.9 Å². The predicted octanol–water partition coefficient (Wildman–Crippen LogP) is 6.68. The maximum Gasteiger partial charge on any atom is 0.303 e. The van der Waals surface area contributed by atoms with E-state index in [1.807, 2.05) is 70.0 Å². The van der Waals surface area contributed by atoms with Crippen molar-refractivity contribution >= 4 is 37.5 Å². The van der Waals surface area contributed by atoms with Crippen LogP contribution in [0, 0.1) is 0 Å². The Bertz CT molecular complexity index is 1830. The number of carbonyl (C=O) groups is 1. The van der Waals surface area contributed by atoms with Crippen LogP contribution in [0.2, 0.25) is 0 Å². The molecule has 1 aliphatic carbocycles. The van der Waals surface area contributed by atoms with Crippen LogP contribution >= 0.6 is 0 Å². The second-order valence-corrected chi connectivity index (χ2v) is 15.0. The number of rotatable bonds is 11. The Morgan fingerprint density at radius 2 is 1.48 bits per heavy atom. The van der Waals surface area contributed by atoms with E-state index in [4.69, 9.17) is 5.11 Å². The summed E-state index contributed by atoms with van der Waals surface area (Å²) >= 11 is 0. The van der Waals surface area contributed by atoms with Gasteiger partial charge in [0.05, 0.1) is 9.79 Å². The number of carboxylic acid groups (broad SMARTS) is 1. The molecule has 2 aromatic carbocycles.